The standard InChI is InChI=1S/2C9H11NO3.C8H11NO3.2Na/c2*10-8(9(12)13)5-6-1-3-7(11)4-2-6;1-5-8(12)7(4-11)6(3-10)2-9-5;;/h2*1-4,8,11H,5,10H2,(H,12,13);2,10-12H,3-4H2,1H3;;/q;;;2*+1/p-2/t2*8-;;;/m00.../s1. The van der Waals surface area contributed by atoms with Gasteiger partial charge in [-0.05, 0) is 55.2 Å². The molecule has 2 aromatic carbocycles. The zero-order valence-electron chi connectivity index (χ0n) is 22.7. The maximum Gasteiger partial charge on any atom is 1.00 e. The van der Waals surface area contributed by atoms with Gasteiger partial charge in [0.2, 0.25) is 0 Å². The van der Waals surface area contributed by atoms with Crippen molar-refractivity contribution in [2.24, 2.45) is 11.5 Å². The van der Waals surface area contributed by atoms with E-state index in [1.54, 1.807) is 31.2 Å². The minimum Gasteiger partial charge on any atom is -0.548 e. The van der Waals surface area contributed by atoms with E-state index >= 15 is 0 Å². The number of rotatable bonds is 8. The van der Waals surface area contributed by atoms with E-state index < -0.39 is 24.0 Å². The Morgan fingerprint density at radius 2 is 1.15 bits per heavy atom. The average Bonchev–Trinajstić information content (AvgIpc) is 2.88. The Morgan fingerprint density at radius 3 is 1.45 bits per heavy atom. The van der Waals surface area contributed by atoms with Crippen LogP contribution in [0.15, 0.2) is 54.7 Å². The molecule has 0 fully saturated rings. The third-order valence-corrected chi connectivity index (χ3v) is 5.15. The molecule has 206 valence electrons. The largest absolute Gasteiger partial charge is 1.00 e. The summed E-state index contributed by atoms with van der Waals surface area (Å²) in [5.41, 5.74) is 13.3. The van der Waals surface area contributed by atoms with Crippen LogP contribution in [-0.4, -0.2) is 54.5 Å². The van der Waals surface area contributed by atoms with Crippen LogP contribution in [0.2, 0.25) is 0 Å². The van der Waals surface area contributed by atoms with Crippen molar-refractivity contribution < 1.29 is 104 Å². The van der Waals surface area contributed by atoms with Gasteiger partial charge in [0.15, 0.2) is 0 Å². The molecule has 0 aliphatic heterocycles. The summed E-state index contributed by atoms with van der Waals surface area (Å²) < 4.78 is 0. The second-order valence-electron chi connectivity index (χ2n) is 8.10. The van der Waals surface area contributed by atoms with Gasteiger partial charge in [-0.3, -0.25) is 4.98 Å². The van der Waals surface area contributed by atoms with Gasteiger partial charge >= 0.3 is 59.1 Å². The first kappa shape index (κ1) is 39.9. The molecule has 12 nitrogen and oxygen atoms in total. The number of aliphatic hydroxyl groups is 2. The summed E-state index contributed by atoms with van der Waals surface area (Å²) in [6.45, 7) is 1.12. The number of aliphatic hydroxyl groups excluding tert-OH is 2. The summed E-state index contributed by atoms with van der Waals surface area (Å²) in [6.07, 6.45) is 1.87. The van der Waals surface area contributed by atoms with Crippen molar-refractivity contribution in [3.63, 3.8) is 0 Å². The van der Waals surface area contributed by atoms with Gasteiger partial charge in [0.25, 0.3) is 0 Å². The summed E-state index contributed by atoms with van der Waals surface area (Å²) in [4.78, 5) is 24.4. The van der Waals surface area contributed by atoms with Gasteiger partial charge in [-0.25, -0.2) is 0 Å². The Balaban J connectivity index is 0. The molecular weight excluding hydrogens is 544 g/mol. The van der Waals surface area contributed by atoms with Crippen molar-refractivity contribution in [3.8, 4) is 17.2 Å². The Kier molecular flexibility index (Phi) is 20.6. The van der Waals surface area contributed by atoms with E-state index in [9.17, 15) is 24.9 Å². The Bertz CT molecular complexity index is 1120. The zero-order valence-corrected chi connectivity index (χ0v) is 26.7. The second-order valence-corrected chi connectivity index (χ2v) is 8.10. The SMILES string of the molecule is Cc1ncc(CO)c(CO)c1O.N[C@@H](Cc1ccc(O)cc1)C(=O)[O-].N[C@@H](Cc1ccc(O)cc1)C(=O)[O-].[Na+].[Na+]. The van der Waals surface area contributed by atoms with Crippen molar-refractivity contribution in [1.82, 2.24) is 4.98 Å². The van der Waals surface area contributed by atoms with Crippen LogP contribution in [0.1, 0.15) is 27.9 Å². The minimum absolute atomic E-state index is 0. The number of carbonyl (C=O) groups is 2. The topological polar surface area (TPSA) is 246 Å². The summed E-state index contributed by atoms with van der Waals surface area (Å²) in [6, 6.07) is 10.4. The molecule has 0 bridgehead atoms. The molecule has 0 radical (unpaired) electrons. The molecule has 2 atom stereocenters. The number of aromatic hydroxyl groups is 3. The molecule has 0 unspecified atom stereocenters. The molecule has 9 N–H and O–H groups in total. The van der Waals surface area contributed by atoms with Crippen molar-refractivity contribution in [1.29, 1.82) is 0 Å². The van der Waals surface area contributed by atoms with Crippen molar-refractivity contribution in [2.75, 3.05) is 0 Å². The van der Waals surface area contributed by atoms with Gasteiger partial charge < -0.3 is 56.8 Å². The van der Waals surface area contributed by atoms with Crippen LogP contribution in [-0.2, 0) is 35.6 Å². The van der Waals surface area contributed by atoms with Gasteiger partial charge in [-0.15, -0.1) is 0 Å². The van der Waals surface area contributed by atoms with Crippen molar-refractivity contribution in [2.45, 2.75) is 45.1 Å². The maximum atomic E-state index is 10.3. The molecular formula is C26H31N3Na2O9. The molecule has 0 saturated carbocycles. The number of nitrogens with zero attached hydrogens (tertiary/aromatic N) is 1. The van der Waals surface area contributed by atoms with Crippen LogP contribution >= 0.6 is 0 Å². The number of carboxylic acid groups (broad SMARTS) is 2. The number of nitrogens with two attached hydrogens (primary N) is 2. The van der Waals surface area contributed by atoms with Crippen LogP contribution in [0.3, 0.4) is 0 Å². The smallest absolute Gasteiger partial charge is 0.548 e. The molecule has 1 aromatic heterocycles. The van der Waals surface area contributed by atoms with Gasteiger partial charge in [0.1, 0.15) is 17.2 Å². The number of benzene rings is 2. The first-order valence-electron chi connectivity index (χ1n) is 11.3. The normalized spacial score (nSPS) is 11.1. The number of hydrogen-bond donors (Lipinski definition) is 7. The average molecular weight is 576 g/mol. The quantitative estimate of drug-likeness (QED) is 0.124. The van der Waals surface area contributed by atoms with Crippen LogP contribution in [0.5, 0.6) is 17.2 Å². The Labute approximate surface area is 275 Å². The van der Waals surface area contributed by atoms with E-state index in [-0.39, 0.29) is 102 Å². The summed E-state index contributed by atoms with van der Waals surface area (Å²) in [5, 5.41) is 65.5. The first-order valence-corrected chi connectivity index (χ1v) is 11.3. The summed E-state index contributed by atoms with van der Waals surface area (Å²) in [7, 11) is 0. The molecule has 0 aliphatic carbocycles. The summed E-state index contributed by atoms with van der Waals surface area (Å²) in [5.74, 6) is -2.29. The number of pyridine rings is 1. The van der Waals surface area contributed by atoms with Crippen LogP contribution < -0.4 is 80.8 Å². The number of hydrogen-bond acceptors (Lipinski definition) is 12. The Morgan fingerprint density at radius 1 is 0.775 bits per heavy atom. The molecule has 0 amide bonds. The molecule has 1 heterocycles. The van der Waals surface area contributed by atoms with E-state index in [0.717, 1.165) is 11.1 Å². The number of carboxylic acids is 2. The third kappa shape index (κ3) is 14.4. The minimum atomic E-state index is -1.27. The van der Waals surface area contributed by atoms with E-state index in [1.807, 2.05) is 0 Å². The number of carbonyl (C=O) groups excluding carboxylic acids is 2. The fourth-order valence-corrected chi connectivity index (χ4v) is 2.94. The summed E-state index contributed by atoms with van der Waals surface area (Å²) >= 11 is 0. The third-order valence-electron chi connectivity index (χ3n) is 5.15. The zero-order chi connectivity index (χ0) is 28.8. The van der Waals surface area contributed by atoms with Crippen LogP contribution in [0.4, 0.5) is 0 Å². The number of phenols is 2. The predicted molar refractivity (Wildman–Crippen MR) is 132 cm³/mol. The van der Waals surface area contributed by atoms with E-state index in [1.165, 1.54) is 30.5 Å². The number of phenolic OH excluding ortho intramolecular Hbond substituents is 2. The van der Waals surface area contributed by atoms with E-state index in [2.05, 4.69) is 4.98 Å². The van der Waals surface area contributed by atoms with Crippen LogP contribution in [0, 0.1) is 6.92 Å². The van der Waals surface area contributed by atoms with Crippen molar-refractivity contribution >= 4 is 11.9 Å². The fraction of sp³-hybridized carbons (Fsp3) is 0.269. The van der Waals surface area contributed by atoms with Gasteiger partial charge in [0, 0.05) is 29.4 Å². The first-order chi connectivity index (χ1) is 17.9. The van der Waals surface area contributed by atoms with E-state index in [4.69, 9.17) is 31.9 Å². The number of aliphatic carboxylic acids is 2. The van der Waals surface area contributed by atoms with Crippen molar-refractivity contribution in [3.05, 3.63) is 82.7 Å². The monoisotopic (exact) mass is 575 g/mol. The molecule has 0 saturated heterocycles. The second kappa shape index (κ2) is 20.6. The fourth-order valence-electron chi connectivity index (χ4n) is 2.94. The molecule has 0 spiro atoms. The molecule has 3 rings (SSSR count). The predicted octanol–water partition coefficient (Wildman–Crippen LogP) is -7.89. The molecule has 3 aromatic rings. The van der Waals surface area contributed by atoms with E-state index in [0.29, 0.717) is 16.8 Å². The Hall–Kier alpha value is -2.23. The molecule has 0 aliphatic rings. The van der Waals surface area contributed by atoms with Gasteiger partial charge in [0.05, 0.1) is 30.8 Å². The molecule has 40 heavy (non-hydrogen) atoms. The maximum absolute atomic E-state index is 10.3. The van der Waals surface area contributed by atoms with Gasteiger partial charge in [-0.2, -0.15) is 0 Å². The number of aryl methyl sites for hydroxylation is 1. The number of aromatic nitrogens is 1. The van der Waals surface area contributed by atoms with Gasteiger partial charge in [-0.1, -0.05) is 24.3 Å². The molecule has 14 heteroatoms. The van der Waals surface area contributed by atoms with Crippen LogP contribution in [0.25, 0.3) is 0 Å².